The first-order valence-corrected chi connectivity index (χ1v) is 7.99. The topological polar surface area (TPSA) is 79.3 Å². The molecule has 0 unspecified atom stereocenters. The Balaban J connectivity index is 2.19. The van der Waals surface area contributed by atoms with Crippen molar-refractivity contribution < 1.29 is 28.8 Å². The molecule has 136 valence electrons. The summed E-state index contributed by atoms with van der Waals surface area (Å²) in [7, 11) is 4.70. The van der Waals surface area contributed by atoms with Crippen molar-refractivity contribution in [2.45, 2.75) is 32.0 Å². The standard InChI is InChI=1S/C18H23NO6/c1-18(2,20)13(21-3)8-11-15(22-4)10-6-7-12-16(25-9-24-12)14(10)19-17(11)23-5/h6-7,13,20H,8-9H2,1-5H3/t13-/m1/s1. The van der Waals surface area contributed by atoms with Crippen LogP contribution in [-0.4, -0.2) is 49.9 Å². The summed E-state index contributed by atoms with van der Waals surface area (Å²) >= 11 is 0. The number of hydrogen-bond donors (Lipinski definition) is 1. The highest BCUT2D eigenvalue weighted by molar-refractivity contribution is 5.94. The third kappa shape index (κ3) is 3.05. The van der Waals surface area contributed by atoms with Crippen molar-refractivity contribution in [3.63, 3.8) is 0 Å². The van der Waals surface area contributed by atoms with Gasteiger partial charge in [0.2, 0.25) is 12.7 Å². The second-order valence-corrected chi connectivity index (χ2v) is 6.41. The van der Waals surface area contributed by atoms with Gasteiger partial charge in [0.15, 0.2) is 11.5 Å². The fourth-order valence-electron chi connectivity index (χ4n) is 3.07. The highest BCUT2D eigenvalue weighted by Crippen LogP contribution is 2.44. The zero-order valence-electron chi connectivity index (χ0n) is 15.1. The van der Waals surface area contributed by atoms with Gasteiger partial charge in [-0.2, -0.15) is 0 Å². The Kier molecular flexibility index (Phi) is 4.62. The molecule has 0 aliphatic carbocycles. The van der Waals surface area contributed by atoms with Crippen LogP contribution >= 0.6 is 0 Å². The molecule has 7 nitrogen and oxygen atoms in total. The number of rotatable bonds is 6. The van der Waals surface area contributed by atoms with Gasteiger partial charge in [-0.25, -0.2) is 4.98 Å². The van der Waals surface area contributed by atoms with Gasteiger partial charge in [0.05, 0.1) is 31.5 Å². The SMILES string of the molecule is COc1nc2c3c(ccc2c(OC)c1C[C@@H](OC)C(C)(C)O)OCO3. The molecule has 1 aromatic carbocycles. The second kappa shape index (κ2) is 6.57. The normalized spacial score (nSPS) is 14.6. The Morgan fingerprint density at radius 3 is 2.56 bits per heavy atom. The molecule has 0 bridgehead atoms. The molecule has 1 atom stereocenters. The molecule has 1 N–H and O–H groups in total. The summed E-state index contributed by atoms with van der Waals surface area (Å²) in [6.07, 6.45) is -0.0763. The maximum Gasteiger partial charge on any atom is 0.231 e. The van der Waals surface area contributed by atoms with E-state index in [1.807, 2.05) is 12.1 Å². The summed E-state index contributed by atoms with van der Waals surface area (Å²) in [6, 6.07) is 3.71. The van der Waals surface area contributed by atoms with Crippen molar-refractivity contribution in [1.29, 1.82) is 0 Å². The van der Waals surface area contributed by atoms with Crippen LogP contribution in [0.15, 0.2) is 12.1 Å². The summed E-state index contributed by atoms with van der Waals surface area (Å²) < 4.78 is 27.6. The van der Waals surface area contributed by atoms with Gasteiger partial charge in [-0.3, -0.25) is 0 Å². The number of aromatic nitrogens is 1. The Bertz CT molecular complexity index is 783. The average Bonchev–Trinajstić information content (AvgIpc) is 3.06. The van der Waals surface area contributed by atoms with Crippen LogP contribution in [0, 0.1) is 0 Å². The molecular weight excluding hydrogens is 326 g/mol. The van der Waals surface area contributed by atoms with E-state index in [4.69, 9.17) is 23.7 Å². The molecule has 1 aromatic heterocycles. The first kappa shape index (κ1) is 17.6. The number of hydrogen-bond acceptors (Lipinski definition) is 7. The molecule has 0 saturated heterocycles. The maximum absolute atomic E-state index is 10.3. The van der Waals surface area contributed by atoms with Crippen LogP contribution in [0.25, 0.3) is 10.9 Å². The number of ether oxygens (including phenoxy) is 5. The van der Waals surface area contributed by atoms with E-state index < -0.39 is 11.7 Å². The minimum atomic E-state index is -1.03. The predicted molar refractivity (Wildman–Crippen MR) is 91.8 cm³/mol. The molecule has 3 rings (SSSR count). The lowest BCUT2D eigenvalue weighted by Gasteiger charge is -2.29. The van der Waals surface area contributed by atoms with Crippen molar-refractivity contribution in [3.8, 4) is 23.1 Å². The molecule has 7 heteroatoms. The highest BCUT2D eigenvalue weighted by atomic mass is 16.7. The molecule has 0 radical (unpaired) electrons. The molecule has 0 amide bonds. The molecule has 2 heterocycles. The van der Waals surface area contributed by atoms with Crippen molar-refractivity contribution in [2.24, 2.45) is 0 Å². The van der Waals surface area contributed by atoms with Crippen molar-refractivity contribution >= 4 is 10.9 Å². The van der Waals surface area contributed by atoms with Gasteiger partial charge >= 0.3 is 0 Å². The van der Waals surface area contributed by atoms with Crippen LogP contribution < -0.4 is 18.9 Å². The molecule has 25 heavy (non-hydrogen) atoms. The lowest BCUT2D eigenvalue weighted by molar-refractivity contribution is -0.0692. The Morgan fingerprint density at radius 2 is 1.96 bits per heavy atom. The maximum atomic E-state index is 10.3. The molecule has 0 saturated carbocycles. The number of methoxy groups -OCH3 is 3. The van der Waals surface area contributed by atoms with E-state index in [1.165, 1.54) is 0 Å². The van der Waals surface area contributed by atoms with Gasteiger partial charge in [0, 0.05) is 18.9 Å². The van der Waals surface area contributed by atoms with E-state index in [0.29, 0.717) is 35.1 Å². The second-order valence-electron chi connectivity index (χ2n) is 6.41. The molecule has 2 aromatic rings. The first-order chi connectivity index (χ1) is 11.9. The summed E-state index contributed by atoms with van der Waals surface area (Å²) in [4.78, 5) is 4.60. The zero-order valence-corrected chi connectivity index (χ0v) is 15.1. The number of fused-ring (bicyclic) bond motifs is 3. The Morgan fingerprint density at radius 1 is 1.20 bits per heavy atom. The first-order valence-electron chi connectivity index (χ1n) is 7.99. The van der Waals surface area contributed by atoms with Gasteiger partial charge < -0.3 is 28.8 Å². The lowest BCUT2D eigenvalue weighted by Crippen LogP contribution is -2.39. The van der Waals surface area contributed by atoms with Gasteiger partial charge in [0.1, 0.15) is 11.3 Å². The third-order valence-corrected chi connectivity index (χ3v) is 4.36. The van der Waals surface area contributed by atoms with Crippen LogP contribution in [0.2, 0.25) is 0 Å². The zero-order chi connectivity index (χ0) is 18.2. The Hall–Kier alpha value is -2.25. The monoisotopic (exact) mass is 349 g/mol. The van der Waals surface area contributed by atoms with Gasteiger partial charge in [-0.15, -0.1) is 0 Å². The van der Waals surface area contributed by atoms with E-state index in [-0.39, 0.29) is 6.79 Å². The third-order valence-electron chi connectivity index (χ3n) is 4.36. The minimum Gasteiger partial charge on any atom is -0.496 e. The van der Waals surface area contributed by atoms with E-state index in [2.05, 4.69) is 4.98 Å². The molecule has 0 fully saturated rings. The van der Waals surface area contributed by atoms with Crippen LogP contribution in [-0.2, 0) is 11.2 Å². The molecule has 0 spiro atoms. The summed E-state index contributed by atoms with van der Waals surface area (Å²) in [5, 5.41) is 11.1. The summed E-state index contributed by atoms with van der Waals surface area (Å²) in [5.74, 6) is 2.24. The number of pyridine rings is 1. The van der Waals surface area contributed by atoms with E-state index >= 15 is 0 Å². The minimum absolute atomic E-state index is 0.160. The largest absolute Gasteiger partial charge is 0.496 e. The van der Waals surface area contributed by atoms with Crippen LogP contribution in [0.3, 0.4) is 0 Å². The summed E-state index contributed by atoms with van der Waals surface area (Å²) in [5.41, 5.74) is 0.309. The molecular formula is C18H23NO6. The van der Waals surface area contributed by atoms with E-state index in [1.54, 1.807) is 35.2 Å². The molecule has 1 aliphatic heterocycles. The van der Waals surface area contributed by atoms with Crippen molar-refractivity contribution in [2.75, 3.05) is 28.1 Å². The van der Waals surface area contributed by atoms with Crippen LogP contribution in [0.1, 0.15) is 19.4 Å². The van der Waals surface area contributed by atoms with E-state index in [0.717, 1.165) is 10.9 Å². The Labute approximate surface area is 146 Å². The molecule has 1 aliphatic rings. The van der Waals surface area contributed by atoms with Gasteiger partial charge in [0.25, 0.3) is 0 Å². The number of nitrogens with zero attached hydrogens (tertiary/aromatic N) is 1. The number of aliphatic hydroxyl groups is 1. The van der Waals surface area contributed by atoms with Crippen LogP contribution in [0.4, 0.5) is 0 Å². The van der Waals surface area contributed by atoms with Gasteiger partial charge in [-0.05, 0) is 26.0 Å². The van der Waals surface area contributed by atoms with Gasteiger partial charge in [-0.1, -0.05) is 0 Å². The van der Waals surface area contributed by atoms with E-state index in [9.17, 15) is 5.11 Å². The quantitative estimate of drug-likeness (QED) is 0.857. The fraction of sp³-hybridized carbons (Fsp3) is 0.500. The number of benzene rings is 1. The fourth-order valence-corrected chi connectivity index (χ4v) is 3.07. The van der Waals surface area contributed by atoms with Crippen LogP contribution in [0.5, 0.6) is 23.1 Å². The average molecular weight is 349 g/mol. The van der Waals surface area contributed by atoms with Crippen molar-refractivity contribution in [1.82, 2.24) is 4.98 Å². The summed E-state index contributed by atoms with van der Waals surface area (Å²) in [6.45, 7) is 3.56. The smallest absolute Gasteiger partial charge is 0.231 e. The predicted octanol–water partition coefficient (Wildman–Crippen LogP) is 2.31. The van der Waals surface area contributed by atoms with Crippen molar-refractivity contribution in [3.05, 3.63) is 17.7 Å². The highest BCUT2D eigenvalue weighted by Gasteiger charge is 2.31. The lowest BCUT2D eigenvalue weighted by atomic mass is 9.94.